The molecule has 0 fully saturated rings. The van der Waals surface area contributed by atoms with Crippen LogP contribution in [0.25, 0.3) is 0 Å². The van der Waals surface area contributed by atoms with Crippen LogP contribution in [0, 0.1) is 11.7 Å². The molecule has 0 aliphatic rings. The van der Waals surface area contributed by atoms with Crippen LogP contribution >= 0.6 is 11.6 Å². The van der Waals surface area contributed by atoms with E-state index in [9.17, 15) is 4.79 Å². The fourth-order valence-corrected chi connectivity index (χ4v) is 3.09. The zero-order chi connectivity index (χ0) is 20.0. The molecule has 1 amide bonds. The van der Waals surface area contributed by atoms with Crippen molar-refractivity contribution in [2.75, 3.05) is 0 Å². The van der Waals surface area contributed by atoms with Crippen LogP contribution in [0.1, 0.15) is 45.2 Å². The summed E-state index contributed by atoms with van der Waals surface area (Å²) >= 11 is 6.18. The summed E-state index contributed by atoms with van der Waals surface area (Å²) in [5, 5.41) is 3.56. The van der Waals surface area contributed by atoms with E-state index >= 15 is 4.39 Å². The predicted octanol–water partition coefficient (Wildman–Crippen LogP) is 5.21. The SMILES string of the molecule is CC[C@@H](N[C@@H](CC(N)=O)C(C)C)c1ccc(Cl)c(Oc2ccccc2)c1F. The Hall–Kier alpha value is -2.11. The smallest absolute Gasteiger partial charge is 0.218 e. The first kappa shape index (κ1) is 21.2. The lowest BCUT2D eigenvalue weighted by Gasteiger charge is -2.28. The number of carbonyl (C=O) groups is 1. The van der Waals surface area contributed by atoms with Crippen LogP contribution in [0.3, 0.4) is 0 Å². The highest BCUT2D eigenvalue weighted by molar-refractivity contribution is 6.32. The van der Waals surface area contributed by atoms with E-state index in [-0.39, 0.29) is 41.1 Å². The van der Waals surface area contributed by atoms with Crippen LogP contribution in [0.2, 0.25) is 5.02 Å². The van der Waals surface area contributed by atoms with Crippen LogP contribution in [0.5, 0.6) is 11.5 Å². The lowest BCUT2D eigenvalue weighted by Crippen LogP contribution is -2.40. The molecule has 0 saturated heterocycles. The van der Waals surface area contributed by atoms with Gasteiger partial charge in [-0.25, -0.2) is 4.39 Å². The Bertz CT molecular complexity index is 768. The Morgan fingerprint density at radius 2 is 1.89 bits per heavy atom. The minimum absolute atomic E-state index is 0.00313. The summed E-state index contributed by atoms with van der Waals surface area (Å²) in [7, 11) is 0. The van der Waals surface area contributed by atoms with Gasteiger partial charge in [0.1, 0.15) is 5.75 Å². The van der Waals surface area contributed by atoms with E-state index in [1.807, 2.05) is 26.8 Å². The summed E-state index contributed by atoms with van der Waals surface area (Å²) < 4.78 is 20.9. The van der Waals surface area contributed by atoms with Crippen LogP contribution in [0.15, 0.2) is 42.5 Å². The van der Waals surface area contributed by atoms with E-state index in [0.717, 1.165) is 0 Å². The Morgan fingerprint density at radius 1 is 1.22 bits per heavy atom. The summed E-state index contributed by atoms with van der Waals surface area (Å²) in [4.78, 5) is 11.4. The second-order valence-electron chi connectivity index (χ2n) is 6.84. The Morgan fingerprint density at radius 3 is 2.44 bits per heavy atom. The lowest BCUT2D eigenvalue weighted by atomic mass is 9.96. The highest BCUT2D eigenvalue weighted by Crippen LogP contribution is 2.36. The van der Waals surface area contributed by atoms with E-state index in [1.165, 1.54) is 0 Å². The number of nitrogens with two attached hydrogens (primary N) is 1. The number of nitrogens with one attached hydrogen (secondary N) is 1. The number of hydrogen-bond donors (Lipinski definition) is 2. The summed E-state index contributed by atoms with van der Waals surface area (Å²) in [5.74, 6) is -0.225. The molecular weight excluding hydrogens is 367 g/mol. The van der Waals surface area contributed by atoms with Gasteiger partial charge in [-0.2, -0.15) is 0 Å². The van der Waals surface area contributed by atoms with Crippen LogP contribution in [-0.2, 0) is 4.79 Å². The van der Waals surface area contributed by atoms with Crippen LogP contribution in [0.4, 0.5) is 4.39 Å². The van der Waals surface area contributed by atoms with Gasteiger partial charge >= 0.3 is 0 Å². The summed E-state index contributed by atoms with van der Waals surface area (Å²) in [6.07, 6.45) is 0.821. The van der Waals surface area contributed by atoms with Crippen LogP contribution in [-0.4, -0.2) is 11.9 Å². The second-order valence-corrected chi connectivity index (χ2v) is 7.25. The van der Waals surface area contributed by atoms with Crippen molar-refractivity contribution < 1.29 is 13.9 Å². The molecule has 27 heavy (non-hydrogen) atoms. The Balaban J connectivity index is 2.32. The molecule has 4 nitrogen and oxygen atoms in total. The lowest BCUT2D eigenvalue weighted by molar-refractivity contribution is -0.118. The monoisotopic (exact) mass is 392 g/mol. The van der Waals surface area contributed by atoms with Crippen molar-refractivity contribution in [2.45, 2.75) is 45.7 Å². The fourth-order valence-electron chi connectivity index (χ4n) is 2.91. The van der Waals surface area contributed by atoms with Crippen LogP contribution < -0.4 is 15.8 Å². The number of carbonyl (C=O) groups excluding carboxylic acids is 1. The third-order valence-corrected chi connectivity index (χ3v) is 4.76. The fraction of sp³-hybridized carbons (Fsp3) is 0.381. The van der Waals surface area contributed by atoms with E-state index in [4.69, 9.17) is 22.1 Å². The maximum atomic E-state index is 15.2. The minimum Gasteiger partial charge on any atom is -0.453 e. The third kappa shape index (κ3) is 5.68. The summed E-state index contributed by atoms with van der Waals surface area (Å²) in [5.41, 5.74) is 5.80. The number of hydrogen-bond acceptors (Lipinski definition) is 3. The van der Waals surface area contributed by atoms with Gasteiger partial charge in [0.05, 0.1) is 5.02 Å². The van der Waals surface area contributed by atoms with E-state index in [1.54, 1.807) is 36.4 Å². The van der Waals surface area contributed by atoms with Crippen molar-refractivity contribution in [3.05, 3.63) is 58.9 Å². The average molecular weight is 393 g/mol. The maximum absolute atomic E-state index is 15.2. The van der Waals surface area contributed by atoms with Crippen molar-refractivity contribution in [1.29, 1.82) is 0 Å². The standard InChI is InChI=1S/C21H26ClFN2O2/c1-4-17(25-18(13(2)3)12-19(24)26)15-10-11-16(22)21(20(15)23)27-14-8-6-5-7-9-14/h5-11,13,17-18,25H,4,12H2,1-3H3,(H2,24,26)/t17-,18+/m1/s1. The summed E-state index contributed by atoms with van der Waals surface area (Å²) in [6, 6.07) is 11.8. The topological polar surface area (TPSA) is 64.3 Å². The van der Waals surface area contributed by atoms with Gasteiger partial charge < -0.3 is 15.8 Å². The van der Waals surface area contributed by atoms with Gasteiger partial charge in [0.25, 0.3) is 0 Å². The zero-order valence-electron chi connectivity index (χ0n) is 15.8. The van der Waals surface area contributed by atoms with Crippen molar-refractivity contribution in [1.82, 2.24) is 5.32 Å². The van der Waals surface area contributed by atoms with Gasteiger partial charge in [0.15, 0.2) is 11.6 Å². The normalized spacial score (nSPS) is 13.4. The average Bonchev–Trinajstić information content (AvgIpc) is 2.63. The molecule has 2 rings (SSSR count). The maximum Gasteiger partial charge on any atom is 0.218 e. The highest BCUT2D eigenvalue weighted by atomic mass is 35.5. The molecule has 2 atom stereocenters. The molecule has 2 aromatic carbocycles. The molecule has 3 N–H and O–H groups in total. The van der Waals surface area contributed by atoms with Crippen molar-refractivity contribution >= 4 is 17.5 Å². The predicted molar refractivity (Wildman–Crippen MR) is 107 cm³/mol. The second kappa shape index (κ2) is 9.72. The molecule has 0 unspecified atom stereocenters. The Kier molecular flexibility index (Phi) is 7.63. The molecule has 0 spiro atoms. The number of rotatable bonds is 9. The molecule has 0 aromatic heterocycles. The Labute approximate surface area is 164 Å². The zero-order valence-corrected chi connectivity index (χ0v) is 16.6. The molecule has 0 aliphatic heterocycles. The molecule has 6 heteroatoms. The number of ether oxygens (including phenoxy) is 1. The number of primary amides is 1. The molecule has 0 saturated carbocycles. The first-order chi connectivity index (χ1) is 12.8. The summed E-state index contributed by atoms with van der Waals surface area (Å²) in [6.45, 7) is 5.94. The van der Waals surface area contributed by atoms with Gasteiger partial charge in [-0.05, 0) is 30.5 Å². The van der Waals surface area contributed by atoms with Gasteiger partial charge in [-0.3, -0.25) is 4.79 Å². The van der Waals surface area contributed by atoms with Gasteiger partial charge in [-0.15, -0.1) is 0 Å². The number of benzene rings is 2. The van der Waals surface area contributed by atoms with Gasteiger partial charge in [0, 0.05) is 24.1 Å². The highest BCUT2D eigenvalue weighted by Gasteiger charge is 2.25. The minimum atomic E-state index is -0.507. The quantitative estimate of drug-likeness (QED) is 0.615. The van der Waals surface area contributed by atoms with Crippen molar-refractivity contribution in [3.8, 4) is 11.5 Å². The first-order valence-electron chi connectivity index (χ1n) is 9.08. The largest absolute Gasteiger partial charge is 0.453 e. The van der Waals surface area contributed by atoms with E-state index in [0.29, 0.717) is 17.7 Å². The molecular formula is C21H26ClFN2O2. The van der Waals surface area contributed by atoms with Gasteiger partial charge in [0.2, 0.25) is 5.91 Å². The van der Waals surface area contributed by atoms with Crippen molar-refractivity contribution in [2.24, 2.45) is 11.7 Å². The molecule has 0 heterocycles. The number of para-hydroxylation sites is 1. The molecule has 0 aliphatic carbocycles. The van der Waals surface area contributed by atoms with E-state index in [2.05, 4.69) is 5.32 Å². The third-order valence-electron chi connectivity index (χ3n) is 4.47. The number of amides is 1. The number of halogens is 2. The molecule has 2 aromatic rings. The van der Waals surface area contributed by atoms with Gasteiger partial charge in [-0.1, -0.05) is 56.6 Å². The van der Waals surface area contributed by atoms with Crippen molar-refractivity contribution in [3.63, 3.8) is 0 Å². The first-order valence-corrected chi connectivity index (χ1v) is 9.46. The molecule has 146 valence electrons. The molecule has 0 radical (unpaired) electrons. The molecule has 0 bridgehead atoms. The van der Waals surface area contributed by atoms with E-state index < -0.39 is 5.82 Å².